The van der Waals surface area contributed by atoms with Crippen LogP contribution in [0.5, 0.6) is 0 Å². The third-order valence-corrected chi connectivity index (χ3v) is 6.12. The highest BCUT2D eigenvalue weighted by Gasteiger charge is 2.26. The van der Waals surface area contributed by atoms with E-state index in [0.717, 1.165) is 16.7 Å². The molecule has 0 radical (unpaired) electrons. The van der Waals surface area contributed by atoms with Crippen LogP contribution in [0.15, 0.2) is 53.3 Å². The second-order valence-corrected chi connectivity index (χ2v) is 8.85. The highest BCUT2D eigenvalue weighted by molar-refractivity contribution is 6.07. The third kappa shape index (κ3) is 4.03. The number of hydrogen-bond acceptors (Lipinski definition) is 3. The Hall–Kier alpha value is -3.47. The molecule has 0 atom stereocenters. The molecule has 0 saturated carbocycles. The first-order chi connectivity index (χ1) is 15.3. The summed E-state index contributed by atoms with van der Waals surface area (Å²) in [5, 5.41) is 2.87. The average Bonchev–Trinajstić information content (AvgIpc) is 2.76. The summed E-state index contributed by atoms with van der Waals surface area (Å²) in [7, 11) is 0. The molecule has 5 heteroatoms. The van der Waals surface area contributed by atoms with Gasteiger partial charge in [0.1, 0.15) is 5.56 Å². The predicted molar refractivity (Wildman–Crippen MR) is 127 cm³/mol. The van der Waals surface area contributed by atoms with Gasteiger partial charge in [-0.25, -0.2) is 0 Å². The van der Waals surface area contributed by atoms with Gasteiger partial charge in [0.15, 0.2) is 5.78 Å². The number of fused-ring (bicyclic) bond motifs is 1. The van der Waals surface area contributed by atoms with E-state index < -0.39 is 11.5 Å². The van der Waals surface area contributed by atoms with Crippen molar-refractivity contribution in [2.24, 2.45) is 0 Å². The monoisotopic (exact) mass is 428 g/mol. The number of aryl methyl sites for hydroxylation is 2. The lowest BCUT2D eigenvalue weighted by atomic mass is 9.92. The van der Waals surface area contributed by atoms with Crippen molar-refractivity contribution in [2.75, 3.05) is 5.32 Å². The lowest BCUT2D eigenvalue weighted by Crippen LogP contribution is -2.33. The average molecular weight is 429 g/mol. The van der Waals surface area contributed by atoms with Gasteiger partial charge in [0.05, 0.1) is 0 Å². The molecule has 0 saturated heterocycles. The number of carbonyl (C=O) groups is 2. The molecule has 3 aromatic rings. The van der Waals surface area contributed by atoms with Gasteiger partial charge in [-0.05, 0) is 73.6 Å². The molecule has 1 amide bonds. The lowest BCUT2D eigenvalue weighted by molar-refractivity contribution is 0.0971. The molecule has 164 valence electrons. The second kappa shape index (κ2) is 8.58. The van der Waals surface area contributed by atoms with Crippen LogP contribution in [0.1, 0.15) is 75.7 Å². The number of nitrogens with zero attached hydrogens (tertiary/aromatic N) is 1. The van der Waals surface area contributed by atoms with Crippen LogP contribution in [0.25, 0.3) is 5.69 Å². The zero-order valence-electron chi connectivity index (χ0n) is 19.0. The van der Waals surface area contributed by atoms with Gasteiger partial charge in [0, 0.05) is 29.1 Å². The molecule has 1 heterocycles. The predicted octanol–water partition coefficient (Wildman–Crippen LogP) is 5.35. The normalized spacial score (nSPS) is 13.2. The third-order valence-electron chi connectivity index (χ3n) is 6.12. The number of rotatable bonds is 4. The van der Waals surface area contributed by atoms with Crippen molar-refractivity contribution in [1.82, 2.24) is 4.57 Å². The highest BCUT2D eigenvalue weighted by atomic mass is 16.2. The van der Waals surface area contributed by atoms with E-state index >= 15 is 0 Å². The van der Waals surface area contributed by atoms with Crippen molar-refractivity contribution in [3.63, 3.8) is 0 Å². The molecular formula is C27H28N2O3. The Bertz CT molecular complexity index is 1270. The van der Waals surface area contributed by atoms with Crippen molar-refractivity contribution in [3.8, 4) is 5.69 Å². The highest BCUT2D eigenvalue weighted by Crippen LogP contribution is 2.25. The van der Waals surface area contributed by atoms with Crippen molar-refractivity contribution in [3.05, 3.63) is 92.4 Å². The molecule has 0 unspecified atom stereocenters. The first kappa shape index (κ1) is 21.8. The van der Waals surface area contributed by atoms with E-state index in [-0.39, 0.29) is 11.3 Å². The van der Waals surface area contributed by atoms with Crippen LogP contribution < -0.4 is 10.9 Å². The first-order valence-electron chi connectivity index (χ1n) is 11.1. The molecule has 0 bridgehead atoms. The minimum absolute atomic E-state index is 0.0205. The fourth-order valence-corrected chi connectivity index (χ4v) is 4.20. The van der Waals surface area contributed by atoms with Crippen LogP contribution >= 0.6 is 0 Å². The molecule has 5 nitrogen and oxygen atoms in total. The van der Waals surface area contributed by atoms with Gasteiger partial charge in [-0.1, -0.05) is 38.1 Å². The van der Waals surface area contributed by atoms with Crippen LogP contribution in [-0.2, 0) is 6.42 Å². The fraction of sp³-hybridized carbons (Fsp3) is 0.296. The zero-order chi connectivity index (χ0) is 23.0. The van der Waals surface area contributed by atoms with Gasteiger partial charge in [0.2, 0.25) is 0 Å². The van der Waals surface area contributed by atoms with Crippen molar-refractivity contribution in [1.29, 1.82) is 0 Å². The summed E-state index contributed by atoms with van der Waals surface area (Å²) >= 11 is 0. The Labute approximate surface area is 188 Å². The summed E-state index contributed by atoms with van der Waals surface area (Å²) in [6.45, 7) is 8.07. The SMILES string of the molecule is Cc1ccc(C)c(NC(=O)c2cc3c(n(-c4ccc(C(C)C)cc4)c2=O)CCCC3=O)c1. The number of aromatic nitrogens is 1. The summed E-state index contributed by atoms with van der Waals surface area (Å²) in [6, 6.07) is 15.0. The smallest absolute Gasteiger partial charge is 0.268 e. The van der Waals surface area contributed by atoms with Crippen molar-refractivity contribution < 1.29 is 9.59 Å². The molecule has 1 aromatic heterocycles. The molecule has 0 fully saturated rings. The number of carbonyl (C=O) groups excluding carboxylic acids is 2. The summed E-state index contributed by atoms with van der Waals surface area (Å²) in [6.07, 6.45) is 1.75. The van der Waals surface area contributed by atoms with Gasteiger partial charge >= 0.3 is 0 Å². The minimum Gasteiger partial charge on any atom is -0.322 e. The molecule has 0 aliphatic heterocycles. The quantitative estimate of drug-likeness (QED) is 0.609. The minimum atomic E-state index is -0.502. The molecular weight excluding hydrogens is 400 g/mol. The maximum absolute atomic E-state index is 13.5. The fourth-order valence-electron chi connectivity index (χ4n) is 4.20. The molecule has 32 heavy (non-hydrogen) atoms. The maximum Gasteiger partial charge on any atom is 0.268 e. The molecule has 1 aliphatic carbocycles. The summed E-state index contributed by atoms with van der Waals surface area (Å²) < 4.78 is 1.55. The number of amides is 1. The maximum atomic E-state index is 13.5. The van der Waals surface area contributed by atoms with Crippen LogP contribution in [0.3, 0.4) is 0 Å². The Morgan fingerprint density at radius 1 is 0.969 bits per heavy atom. The van der Waals surface area contributed by atoms with E-state index in [1.165, 1.54) is 6.07 Å². The van der Waals surface area contributed by atoms with Crippen LogP contribution in [0.2, 0.25) is 0 Å². The number of anilines is 1. The molecule has 4 rings (SSSR count). The standard InChI is InChI=1S/C27H28N2O3/c1-16(2)19-10-12-20(13-11-19)29-24-6-5-7-25(30)21(24)15-22(27(29)32)26(31)28-23-14-17(3)8-9-18(23)4/h8-16H,5-7H2,1-4H3,(H,28,31). The number of ketones is 1. The van der Waals surface area contributed by atoms with E-state index in [0.29, 0.717) is 47.8 Å². The van der Waals surface area contributed by atoms with Crippen LogP contribution in [0.4, 0.5) is 5.69 Å². The summed E-state index contributed by atoms with van der Waals surface area (Å²) in [4.78, 5) is 39.4. The zero-order valence-corrected chi connectivity index (χ0v) is 19.0. The van der Waals surface area contributed by atoms with E-state index in [1.807, 2.05) is 56.3 Å². The van der Waals surface area contributed by atoms with E-state index in [9.17, 15) is 14.4 Å². The topological polar surface area (TPSA) is 68.2 Å². The van der Waals surface area contributed by atoms with Gasteiger partial charge in [-0.15, -0.1) is 0 Å². The van der Waals surface area contributed by atoms with Crippen molar-refractivity contribution >= 4 is 17.4 Å². The number of nitrogens with one attached hydrogen (secondary N) is 1. The van der Waals surface area contributed by atoms with Gasteiger partial charge in [-0.3, -0.25) is 19.0 Å². The Morgan fingerprint density at radius 2 is 1.69 bits per heavy atom. The largest absolute Gasteiger partial charge is 0.322 e. The second-order valence-electron chi connectivity index (χ2n) is 8.85. The van der Waals surface area contributed by atoms with E-state index in [4.69, 9.17) is 0 Å². The van der Waals surface area contributed by atoms with E-state index in [2.05, 4.69) is 19.2 Å². The van der Waals surface area contributed by atoms with Crippen LogP contribution in [-0.4, -0.2) is 16.3 Å². The molecule has 2 aromatic carbocycles. The Kier molecular flexibility index (Phi) is 5.83. The van der Waals surface area contributed by atoms with Gasteiger partial charge in [0.25, 0.3) is 11.5 Å². The first-order valence-corrected chi connectivity index (χ1v) is 11.1. The lowest BCUT2D eigenvalue weighted by Gasteiger charge is -2.22. The van der Waals surface area contributed by atoms with Crippen LogP contribution in [0, 0.1) is 13.8 Å². The number of Topliss-reactive ketones (excluding diaryl/α,β-unsaturated/α-hetero) is 1. The van der Waals surface area contributed by atoms with Crippen molar-refractivity contribution in [2.45, 2.75) is 52.9 Å². The van der Waals surface area contributed by atoms with Gasteiger partial charge < -0.3 is 5.32 Å². The number of benzene rings is 2. The Morgan fingerprint density at radius 3 is 2.38 bits per heavy atom. The van der Waals surface area contributed by atoms with Gasteiger partial charge in [-0.2, -0.15) is 0 Å². The molecule has 0 spiro atoms. The van der Waals surface area contributed by atoms with E-state index in [1.54, 1.807) is 4.57 Å². The number of hydrogen-bond donors (Lipinski definition) is 1. The molecule has 1 aliphatic rings. The number of pyridine rings is 1. The molecule has 1 N–H and O–H groups in total. The Balaban J connectivity index is 1.85. The summed E-state index contributed by atoms with van der Waals surface area (Å²) in [5.74, 6) is -0.164. The summed E-state index contributed by atoms with van der Waals surface area (Å²) in [5.41, 5.74) is 5.14.